The number of nitrogens with zero attached hydrogens (tertiary/aromatic N) is 3. The average molecular weight is 307 g/mol. The number of aryl methyl sites for hydroxylation is 1. The molecule has 118 valence electrons. The zero-order valence-electron chi connectivity index (χ0n) is 11.3. The van der Waals surface area contributed by atoms with Crippen molar-refractivity contribution in [1.29, 1.82) is 0 Å². The third-order valence-corrected chi connectivity index (χ3v) is 3.48. The lowest BCUT2D eigenvalue weighted by molar-refractivity contribution is -0.177. The molecule has 0 aromatic carbocycles. The summed E-state index contributed by atoms with van der Waals surface area (Å²) in [6, 6.07) is -0.822. The average Bonchev–Trinajstić information content (AvgIpc) is 2.66. The molecule has 4 N–H and O–H groups in total. The number of halogens is 3. The Morgan fingerprint density at radius 3 is 2.67 bits per heavy atom. The van der Waals surface area contributed by atoms with Crippen molar-refractivity contribution in [3.63, 3.8) is 0 Å². The van der Waals surface area contributed by atoms with Crippen LogP contribution in [0.15, 0.2) is 6.20 Å². The van der Waals surface area contributed by atoms with Crippen molar-refractivity contribution in [1.82, 2.24) is 15.1 Å². The summed E-state index contributed by atoms with van der Waals surface area (Å²) in [6.07, 6.45) is -4.68. The van der Waals surface area contributed by atoms with Gasteiger partial charge in [-0.15, -0.1) is 0 Å². The highest BCUT2D eigenvalue weighted by Crippen LogP contribution is 2.36. The van der Waals surface area contributed by atoms with E-state index in [1.54, 1.807) is 7.05 Å². The van der Waals surface area contributed by atoms with E-state index in [0.717, 1.165) is 0 Å². The summed E-state index contributed by atoms with van der Waals surface area (Å²) >= 11 is 0. The minimum absolute atomic E-state index is 0.114. The zero-order valence-corrected chi connectivity index (χ0v) is 11.3. The molecule has 1 amide bonds. The van der Waals surface area contributed by atoms with E-state index in [1.807, 2.05) is 0 Å². The number of nitrogens with one attached hydrogen (secondary N) is 1. The molecular weight excluding hydrogens is 291 g/mol. The summed E-state index contributed by atoms with van der Waals surface area (Å²) in [4.78, 5) is 12.1. The van der Waals surface area contributed by atoms with Crippen molar-refractivity contribution in [2.24, 2.45) is 13.0 Å². The molecule has 1 aromatic heterocycles. The molecule has 1 aliphatic rings. The highest BCUT2D eigenvalue weighted by Gasteiger charge is 2.45. The molecule has 1 aliphatic heterocycles. The number of alkyl halides is 3. The lowest BCUT2D eigenvalue weighted by atomic mass is 9.93. The first-order valence-corrected chi connectivity index (χ1v) is 6.27. The SMILES string of the molecule is Cn1ncc(N)c1N1C[C@H](NC(=O)O)C[C@@H](C(F)(F)F)C1. The molecule has 1 fully saturated rings. The van der Waals surface area contributed by atoms with Crippen LogP contribution in [0.3, 0.4) is 0 Å². The Labute approximate surface area is 118 Å². The van der Waals surface area contributed by atoms with Crippen molar-refractivity contribution in [3.8, 4) is 0 Å². The molecule has 1 aromatic rings. The summed E-state index contributed by atoms with van der Waals surface area (Å²) < 4.78 is 40.4. The molecule has 0 unspecified atom stereocenters. The van der Waals surface area contributed by atoms with Gasteiger partial charge in [0.1, 0.15) is 5.82 Å². The van der Waals surface area contributed by atoms with Gasteiger partial charge in [-0.25, -0.2) is 4.79 Å². The van der Waals surface area contributed by atoms with Crippen LogP contribution in [-0.4, -0.2) is 46.3 Å². The number of rotatable bonds is 2. The summed E-state index contributed by atoms with van der Waals surface area (Å²) in [7, 11) is 1.57. The summed E-state index contributed by atoms with van der Waals surface area (Å²) in [5.41, 5.74) is 5.99. The second-order valence-electron chi connectivity index (χ2n) is 5.07. The van der Waals surface area contributed by atoms with Gasteiger partial charge in [-0.1, -0.05) is 0 Å². The van der Waals surface area contributed by atoms with E-state index in [0.29, 0.717) is 5.82 Å². The Morgan fingerprint density at radius 1 is 1.52 bits per heavy atom. The molecule has 0 spiro atoms. The van der Waals surface area contributed by atoms with Gasteiger partial charge in [-0.05, 0) is 6.42 Å². The van der Waals surface area contributed by atoms with Crippen molar-refractivity contribution in [3.05, 3.63) is 6.20 Å². The molecule has 2 rings (SSSR count). The van der Waals surface area contributed by atoms with Gasteiger partial charge in [-0.2, -0.15) is 18.3 Å². The third kappa shape index (κ3) is 3.31. The first-order chi connectivity index (χ1) is 9.68. The zero-order chi connectivity index (χ0) is 15.8. The fourth-order valence-corrected chi connectivity index (χ4v) is 2.62. The van der Waals surface area contributed by atoms with Crippen LogP contribution in [0.5, 0.6) is 0 Å². The normalized spacial score (nSPS) is 23.1. The van der Waals surface area contributed by atoms with Crippen LogP contribution < -0.4 is 16.0 Å². The van der Waals surface area contributed by atoms with Crippen LogP contribution in [0.1, 0.15) is 6.42 Å². The van der Waals surface area contributed by atoms with Crippen LogP contribution in [-0.2, 0) is 7.05 Å². The number of carboxylic acid groups (broad SMARTS) is 1. The van der Waals surface area contributed by atoms with E-state index in [9.17, 15) is 18.0 Å². The van der Waals surface area contributed by atoms with Crippen LogP contribution in [0.4, 0.5) is 29.5 Å². The summed E-state index contributed by atoms with van der Waals surface area (Å²) in [5.74, 6) is -1.27. The highest BCUT2D eigenvalue weighted by molar-refractivity contribution is 5.66. The van der Waals surface area contributed by atoms with E-state index in [1.165, 1.54) is 15.8 Å². The predicted molar refractivity (Wildman–Crippen MR) is 68.9 cm³/mol. The maximum absolute atomic E-state index is 13.0. The summed E-state index contributed by atoms with van der Waals surface area (Å²) in [5, 5.41) is 14.7. The second kappa shape index (κ2) is 5.34. The van der Waals surface area contributed by atoms with E-state index < -0.39 is 24.2 Å². The van der Waals surface area contributed by atoms with Gasteiger partial charge in [0.15, 0.2) is 0 Å². The number of nitrogen functional groups attached to an aromatic ring is 1. The smallest absolute Gasteiger partial charge is 0.404 e. The molecule has 0 aliphatic carbocycles. The lowest BCUT2D eigenvalue weighted by Gasteiger charge is -2.39. The molecule has 0 saturated carbocycles. The minimum atomic E-state index is -4.40. The number of aromatic nitrogens is 2. The number of hydrogen-bond acceptors (Lipinski definition) is 4. The van der Waals surface area contributed by atoms with E-state index in [2.05, 4.69) is 10.4 Å². The first kappa shape index (κ1) is 15.3. The Balaban J connectivity index is 2.26. The van der Waals surface area contributed by atoms with Crippen LogP contribution in [0.25, 0.3) is 0 Å². The molecule has 2 heterocycles. The van der Waals surface area contributed by atoms with Crippen LogP contribution in [0.2, 0.25) is 0 Å². The predicted octanol–water partition coefficient (Wildman–Crippen LogP) is 1.03. The molecule has 21 heavy (non-hydrogen) atoms. The first-order valence-electron chi connectivity index (χ1n) is 6.27. The van der Waals surface area contributed by atoms with Gasteiger partial charge in [0.2, 0.25) is 0 Å². The van der Waals surface area contributed by atoms with Gasteiger partial charge < -0.3 is 21.1 Å². The largest absolute Gasteiger partial charge is 0.465 e. The van der Waals surface area contributed by atoms with Crippen LogP contribution >= 0.6 is 0 Å². The molecule has 10 heteroatoms. The molecule has 1 saturated heterocycles. The molecule has 2 atom stereocenters. The number of nitrogens with two attached hydrogens (primary N) is 1. The number of amides is 1. The van der Waals surface area contributed by atoms with Gasteiger partial charge in [-0.3, -0.25) is 4.68 Å². The molecular formula is C11H16F3N5O2. The van der Waals surface area contributed by atoms with E-state index in [-0.39, 0.29) is 25.2 Å². The number of piperidine rings is 1. The van der Waals surface area contributed by atoms with Crippen molar-refractivity contribution in [2.75, 3.05) is 23.7 Å². The van der Waals surface area contributed by atoms with Crippen LogP contribution in [0, 0.1) is 5.92 Å². The van der Waals surface area contributed by atoms with Gasteiger partial charge >= 0.3 is 12.3 Å². The van der Waals surface area contributed by atoms with E-state index >= 15 is 0 Å². The fourth-order valence-electron chi connectivity index (χ4n) is 2.62. The second-order valence-corrected chi connectivity index (χ2v) is 5.07. The Hall–Kier alpha value is -2.13. The number of anilines is 2. The van der Waals surface area contributed by atoms with Crippen molar-refractivity contribution >= 4 is 17.6 Å². The third-order valence-electron chi connectivity index (χ3n) is 3.48. The standard InChI is InChI=1S/C11H16F3N5O2/c1-18-9(8(15)3-16-18)19-4-6(11(12,13)14)2-7(5-19)17-10(20)21/h3,6-7,17H,2,4-5,15H2,1H3,(H,20,21)/t6-,7-/m1/s1. The van der Waals surface area contributed by atoms with Crippen molar-refractivity contribution in [2.45, 2.75) is 18.6 Å². The lowest BCUT2D eigenvalue weighted by Crippen LogP contribution is -2.54. The molecule has 0 bridgehead atoms. The Bertz CT molecular complexity index is 511. The van der Waals surface area contributed by atoms with Gasteiger partial charge in [0, 0.05) is 20.1 Å². The minimum Gasteiger partial charge on any atom is -0.465 e. The molecule has 0 radical (unpaired) electrons. The Morgan fingerprint density at radius 2 is 2.19 bits per heavy atom. The summed E-state index contributed by atoms with van der Waals surface area (Å²) in [6.45, 7) is -0.159. The maximum Gasteiger partial charge on any atom is 0.404 e. The topological polar surface area (TPSA) is 96.4 Å². The van der Waals surface area contributed by atoms with Gasteiger partial charge in [0.05, 0.1) is 23.8 Å². The number of carbonyl (C=O) groups is 1. The monoisotopic (exact) mass is 307 g/mol. The fraction of sp³-hybridized carbons (Fsp3) is 0.636. The number of hydrogen-bond donors (Lipinski definition) is 3. The maximum atomic E-state index is 13.0. The Kier molecular flexibility index (Phi) is 3.88. The van der Waals surface area contributed by atoms with E-state index in [4.69, 9.17) is 10.8 Å². The van der Waals surface area contributed by atoms with Gasteiger partial charge in [0.25, 0.3) is 0 Å². The quantitative estimate of drug-likeness (QED) is 0.758. The van der Waals surface area contributed by atoms with Crippen molar-refractivity contribution < 1.29 is 23.1 Å². The molecule has 7 nitrogen and oxygen atoms in total. The highest BCUT2D eigenvalue weighted by atomic mass is 19.4.